The fraction of sp³-hybridized carbons (Fsp3) is 0.692. The average Bonchev–Trinajstić information content (AvgIpc) is 2.31. The van der Waals surface area contributed by atoms with E-state index in [1.54, 1.807) is 0 Å². The van der Waals surface area contributed by atoms with Gasteiger partial charge in [-0.2, -0.15) is 12.6 Å². The van der Waals surface area contributed by atoms with Crippen LogP contribution < -0.4 is 5.32 Å². The average molecular weight is 273 g/mol. The first-order valence-electron chi connectivity index (χ1n) is 6.30. The van der Waals surface area contributed by atoms with Crippen LogP contribution in [0, 0.1) is 5.92 Å². The summed E-state index contributed by atoms with van der Waals surface area (Å²) in [5.41, 5.74) is 0. The summed E-state index contributed by atoms with van der Waals surface area (Å²) >= 11 is 4.04. The maximum Gasteiger partial charge on any atom is 0.326 e. The van der Waals surface area contributed by atoms with Crippen LogP contribution in [-0.4, -0.2) is 28.8 Å². The van der Waals surface area contributed by atoms with Crippen molar-refractivity contribution >= 4 is 24.5 Å². The maximum absolute atomic E-state index is 11.7. The summed E-state index contributed by atoms with van der Waals surface area (Å²) in [6.07, 6.45) is 6.30. The number of hydrogen-bond donors (Lipinski definition) is 3. The first-order chi connectivity index (χ1) is 8.51. The van der Waals surface area contributed by atoms with Gasteiger partial charge in [-0.3, -0.25) is 4.79 Å². The number of carboxylic acid groups (broad SMARTS) is 1. The van der Waals surface area contributed by atoms with E-state index in [2.05, 4.69) is 17.9 Å². The van der Waals surface area contributed by atoms with E-state index in [1.165, 1.54) is 0 Å². The van der Waals surface area contributed by atoms with E-state index in [0.717, 1.165) is 12.8 Å². The van der Waals surface area contributed by atoms with Gasteiger partial charge in [-0.1, -0.05) is 38.8 Å². The van der Waals surface area contributed by atoms with Crippen molar-refractivity contribution in [1.82, 2.24) is 5.32 Å². The Labute approximate surface area is 114 Å². The predicted molar refractivity (Wildman–Crippen MR) is 75.9 cm³/mol. The number of amides is 1. The van der Waals surface area contributed by atoms with Crippen molar-refractivity contribution in [1.29, 1.82) is 0 Å². The van der Waals surface area contributed by atoms with E-state index in [9.17, 15) is 9.59 Å². The monoisotopic (exact) mass is 273 g/mol. The van der Waals surface area contributed by atoms with E-state index in [0.29, 0.717) is 18.6 Å². The van der Waals surface area contributed by atoms with Crippen LogP contribution in [0.15, 0.2) is 12.2 Å². The number of nitrogens with one attached hydrogen (secondary N) is 1. The van der Waals surface area contributed by atoms with Gasteiger partial charge in [0.05, 0.1) is 0 Å². The number of allylic oxidation sites excluding steroid dienone is 1. The molecule has 0 aromatic carbocycles. The van der Waals surface area contributed by atoms with E-state index in [-0.39, 0.29) is 11.8 Å². The molecule has 104 valence electrons. The lowest BCUT2D eigenvalue weighted by Crippen LogP contribution is -2.41. The Balaban J connectivity index is 4.16. The van der Waals surface area contributed by atoms with Crippen LogP contribution in [0.2, 0.25) is 0 Å². The first-order valence-corrected chi connectivity index (χ1v) is 6.94. The van der Waals surface area contributed by atoms with Crippen LogP contribution in [0.1, 0.15) is 39.5 Å². The van der Waals surface area contributed by atoms with Crippen molar-refractivity contribution in [3.63, 3.8) is 0 Å². The Morgan fingerprint density at radius 3 is 2.61 bits per heavy atom. The summed E-state index contributed by atoms with van der Waals surface area (Å²) in [7, 11) is 0. The summed E-state index contributed by atoms with van der Waals surface area (Å²) in [4.78, 5) is 22.6. The van der Waals surface area contributed by atoms with Crippen molar-refractivity contribution in [2.75, 3.05) is 5.75 Å². The Morgan fingerprint density at radius 2 is 2.11 bits per heavy atom. The highest BCUT2D eigenvalue weighted by Crippen LogP contribution is 2.06. The lowest BCUT2D eigenvalue weighted by molar-refractivity contribution is -0.142. The third kappa shape index (κ3) is 8.17. The van der Waals surface area contributed by atoms with Crippen molar-refractivity contribution in [2.45, 2.75) is 45.6 Å². The molecule has 2 N–H and O–H groups in total. The SMILES string of the molecule is CCCC[C@@H](NC(=O)CC(C)/C=C/CS)C(=O)O. The molecule has 0 aliphatic heterocycles. The smallest absolute Gasteiger partial charge is 0.326 e. The molecule has 4 nitrogen and oxygen atoms in total. The Bertz CT molecular complexity index is 292. The highest BCUT2D eigenvalue weighted by atomic mass is 32.1. The number of unbranched alkanes of at least 4 members (excludes halogenated alkanes) is 1. The van der Waals surface area contributed by atoms with Gasteiger partial charge in [0.1, 0.15) is 6.04 Å². The normalized spacial score (nSPS) is 14.4. The zero-order valence-corrected chi connectivity index (χ0v) is 12.0. The van der Waals surface area contributed by atoms with E-state index in [4.69, 9.17) is 5.11 Å². The molecule has 0 heterocycles. The minimum Gasteiger partial charge on any atom is -0.480 e. The largest absolute Gasteiger partial charge is 0.480 e. The molecule has 0 saturated carbocycles. The molecule has 0 aliphatic carbocycles. The molecule has 1 unspecified atom stereocenters. The summed E-state index contributed by atoms with van der Waals surface area (Å²) in [6, 6.07) is -0.765. The zero-order valence-electron chi connectivity index (χ0n) is 11.1. The number of carboxylic acids is 1. The van der Waals surface area contributed by atoms with Gasteiger partial charge in [-0.15, -0.1) is 0 Å². The Morgan fingerprint density at radius 1 is 1.44 bits per heavy atom. The molecular weight excluding hydrogens is 250 g/mol. The molecule has 0 bridgehead atoms. The standard InChI is InChI=1S/C13H23NO3S/c1-3-4-7-11(13(16)17)14-12(15)9-10(2)6-5-8-18/h5-6,10-11,18H,3-4,7-9H2,1-2H3,(H,14,15)(H,16,17)/b6-5+/t10?,11-/m1/s1. The number of aliphatic carboxylic acids is 1. The number of carbonyl (C=O) groups is 2. The Hall–Kier alpha value is -0.970. The first kappa shape index (κ1) is 17.0. The van der Waals surface area contributed by atoms with Crippen molar-refractivity contribution in [3.05, 3.63) is 12.2 Å². The molecule has 1 amide bonds. The van der Waals surface area contributed by atoms with E-state index in [1.807, 2.05) is 26.0 Å². The molecule has 0 aliphatic rings. The van der Waals surface area contributed by atoms with Gasteiger partial charge in [0, 0.05) is 12.2 Å². The number of thiol groups is 1. The second kappa shape index (κ2) is 10.00. The fourth-order valence-electron chi connectivity index (χ4n) is 1.57. The minimum atomic E-state index is -0.963. The lowest BCUT2D eigenvalue weighted by Gasteiger charge is -2.15. The lowest BCUT2D eigenvalue weighted by atomic mass is 10.1. The molecule has 0 aromatic heterocycles. The minimum absolute atomic E-state index is 0.0952. The molecular formula is C13H23NO3S. The van der Waals surface area contributed by atoms with Crippen molar-refractivity contribution in [2.24, 2.45) is 5.92 Å². The summed E-state index contributed by atoms with van der Waals surface area (Å²) in [6.45, 7) is 3.91. The van der Waals surface area contributed by atoms with Crippen LogP contribution in [0.25, 0.3) is 0 Å². The molecule has 0 spiro atoms. The third-order valence-corrected chi connectivity index (χ3v) is 2.77. The maximum atomic E-state index is 11.7. The van der Waals surface area contributed by atoms with E-state index >= 15 is 0 Å². The molecule has 5 heteroatoms. The van der Waals surface area contributed by atoms with Crippen molar-refractivity contribution in [3.8, 4) is 0 Å². The highest BCUT2D eigenvalue weighted by Gasteiger charge is 2.19. The fourth-order valence-corrected chi connectivity index (χ4v) is 1.69. The van der Waals surface area contributed by atoms with Crippen LogP contribution in [0.4, 0.5) is 0 Å². The molecule has 0 aromatic rings. The molecule has 0 saturated heterocycles. The van der Waals surface area contributed by atoms with Crippen LogP contribution in [-0.2, 0) is 9.59 Å². The van der Waals surface area contributed by atoms with Gasteiger partial charge in [0.25, 0.3) is 0 Å². The van der Waals surface area contributed by atoms with Crippen LogP contribution in [0.5, 0.6) is 0 Å². The molecule has 0 fully saturated rings. The van der Waals surface area contributed by atoms with Gasteiger partial charge in [-0.25, -0.2) is 4.79 Å². The molecule has 0 radical (unpaired) electrons. The van der Waals surface area contributed by atoms with Crippen LogP contribution >= 0.6 is 12.6 Å². The second-order valence-corrected chi connectivity index (χ2v) is 4.76. The highest BCUT2D eigenvalue weighted by molar-refractivity contribution is 7.80. The quantitative estimate of drug-likeness (QED) is 0.446. The number of rotatable bonds is 9. The van der Waals surface area contributed by atoms with Gasteiger partial charge < -0.3 is 10.4 Å². The topological polar surface area (TPSA) is 66.4 Å². The summed E-state index contributed by atoms with van der Waals surface area (Å²) < 4.78 is 0. The van der Waals surface area contributed by atoms with Gasteiger partial charge in [-0.05, 0) is 12.3 Å². The predicted octanol–water partition coefficient (Wildman–Crippen LogP) is 2.26. The van der Waals surface area contributed by atoms with Crippen molar-refractivity contribution < 1.29 is 14.7 Å². The molecule has 2 atom stereocenters. The van der Waals surface area contributed by atoms with Gasteiger partial charge >= 0.3 is 5.97 Å². The van der Waals surface area contributed by atoms with Gasteiger partial charge in [0.2, 0.25) is 5.91 Å². The summed E-state index contributed by atoms with van der Waals surface area (Å²) in [5.74, 6) is -0.442. The zero-order chi connectivity index (χ0) is 14.0. The third-order valence-electron chi connectivity index (χ3n) is 2.56. The summed E-state index contributed by atoms with van der Waals surface area (Å²) in [5, 5.41) is 11.6. The molecule has 18 heavy (non-hydrogen) atoms. The molecule has 0 rings (SSSR count). The number of carbonyl (C=O) groups excluding carboxylic acids is 1. The number of hydrogen-bond acceptors (Lipinski definition) is 3. The second-order valence-electron chi connectivity index (χ2n) is 4.39. The Kier molecular flexibility index (Phi) is 9.46. The van der Waals surface area contributed by atoms with Gasteiger partial charge in [0.15, 0.2) is 0 Å². The van der Waals surface area contributed by atoms with Crippen LogP contribution in [0.3, 0.4) is 0 Å². The van der Waals surface area contributed by atoms with E-state index < -0.39 is 12.0 Å².